The molecular weight excluding hydrogens is 278 g/mol. The maximum absolute atomic E-state index is 11.9. The van der Waals surface area contributed by atoms with Gasteiger partial charge in [-0.15, -0.1) is 11.8 Å². The highest BCUT2D eigenvalue weighted by molar-refractivity contribution is 8.03. The molecule has 0 aromatic heterocycles. The molecule has 0 spiro atoms. The molecule has 0 bridgehead atoms. The van der Waals surface area contributed by atoms with Gasteiger partial charge >= 0.3 is 11.9 Å². The molecule has 0 aliphatic carbocycles. The van der Waals surface area contributed by atoms with E-state index in [1.165, 1.54) is 6.08 Å². The molecule has 1 saturated heterocycles. The Bertz CT molecular complexity index is 484. The molecule has 20 heavy (non-hydrogen) atoms. The Hall–Kier alpha value is -1.43. The zero-order chi connectivity index (χ0) is 14.7. The molecule has 110 valence electrons. The maximum Gasteiger partial charge on any atom is 0.336 e. The molecule has 0 aromatic rings. The fourth-order valence-electron chi connectivity index (χ4n) is 2.42. The molecule has 0 aromatic carbocycles. The molecule has 1 fully saturated rings. The third kappa shape index (κ3) is 2.85. The predicted molar refractivity (Wildman–Crippen MR) is 76.8 cm³/mol. The maximum atomic E-state index is 11.9. The number of hydrogen-bond donors (Lipinski definition) is 0. The molecule has 5 nitrogen and oxygen atoms in total. The van der Waals surface area contributed by atoms with E-state index < -0.39 is 0 Å². The van der Waals surface area contributed by atoms with Gasteiger partial charge < -0.3 is 14.4 Å². The van der Waals surface area contributed by atoms with E-state index in [1.807, 2.05) is 11.8 Å². The minimum Gasteiger partial charge on any atom is -0.463 e. The summed E-state index contributed by atoms with van der Waals surface area (Å²) < 4.78 is 10.0. The second kappa shape index (κ2) is 6.35. The molecule has 2 aliphatic rings. The summed E-state index contributed by atoms with van der Waals surface area (Å²) in [7, 11) is 0. The quantitative estimate of drug-likeness (QED) is 0.585. The molecule has 2 heterocycles. The molecule has 0 radical (unpaired) electrons. The van der Waals surface area contributed by atoms with E-state index in [0.29, 0.717) is 25.4 Å². The first-order valence-electron chi connectivity index (χ1n) is 6.78. The van der Waals surface area contributed by atoms with Gasteiger partial charge in [0.2, 0.25) is 0 Å². The second-order valence-corrected chi connectivity index (χ2v) is 5.57. The third-order valence-corrected chi connectivity index (χ3v) is 4.33. The van der Waals surface area contributed by atoms with E-state index in [9.17, 15) is 9.59 Å². The van der Waals surface area contributed by atoms with Crippen molar-refractivity contribution in [1.29, 1.82) is 0 Å². The van der Waals surface area contributed by atoms with Gasteiger partial charge in [-0.2, -0.15) is 0 Å². The summed E-state index contributed by atoms with van der Waals surface area (Å²) in [5.41, 5.74) is 1.62. The van der Waals surface area contributed by atoms with Crippen molar-refractivity contribution in [2.45, 2.75) is 33.2 Å². The Morgan fingerprint density at radius 3 is 2.70 bits per heavy atom. The predicted octanol–water partition coefficient (Wildman–Crippen LogP) is 2.05. The lowest BCUT2D eigenvalue weighted by atomic mass is 10.1. The zero-order valence-electron chi connectivity index (χ0n) is 12.0. The van der Waals surface area contributed by atoms with Crippen molar-refractivity contribution in [2.24, 2.45) is 0 Å². The molecular formula is C14H19NO4S. The highest BCUT2D eigenvalue weighted by Gasteiger charge is 2.39. The van der Waals surface area contributed by atoms with Gasteiger partial charge in [-0.1, -0.05) is 0 Å². The lowest BCUT2D eigenvalue weighted by molar-refractivity contribution is -0.139. The Morgan fingerprint density at radius 2 is 2.05 bits per heavy atom. The number of esters is 2. The number of fused-ring (bicyclic) bond motifs is 1. The number of hydrogen-bond acceptors (Lipinski definition) is 6. The van der Waals surface area contributed by atoms with Crippen LogP contribution in [0.4, 0.5) is 0 Å². The molecule has 2 aliphatic heterocycles. The van der Waals surface area contributed by atoms with Gasteiger partial charge in [0.05, 0.1) is 23.8 Å². The highest BCUT2D eigenvalue weighted by Crippen LogP contribution is 2.45. The van der Waals surface area contributed by atoms with Gasteiger partial charge in [-0.3, -0.25) is 0 Å². The molecule has 0 N–H and O–H groups in total. The monoisotopic (exact) mass is 297 g/mol. The highest BCUT2D eigenvalue weighted by atomic mass is 32.2. The lowest BCUT2D eigenvalue weighted by Gasteiger charge is -2.21. The Balaban J connectivity index is 2.21. The van der Waals surface area contributed by atoms with Crippen molar-refractivity contribution < 1.29 is 19.1 Å². The van der Waals surface area contributed by atoms with Crippen molar-refractivity contribution in [1.82, 2.24) is 4.90 Å². The van der Waals surface area contributed by atoms with Crippen LogP contribution in [0, 0.1) is 0 Å². The Labute approximate surface area is 123 Å². The standard InChI is InChI=1S/C14H19NO4S/c1-4-18-12(16)7-10-8-20-13-11(14(17)19-5-2)6-9(3)15(10)13/h7,9H,4-6,8H2,1-3H3. The van der Waals surface area contributed by atoms with Crippen LogP contribution >= 0.6 is 11.8 Å². The SMILES string of the molecule is CCOC(=O)C=C1CSC2=C(C(=O)OCC)CC(C)N12. The van der Waals surface area contributed by atoms with Crippen LogP contribution in [0.25, 0.3) is 0 Å². The smallest absolute Gasteiger partial charge is 0.336 e. The number of carbonyl (C=O) groups is 2. The molecule has 1 atom stereocenters. The number of thioether (sulfide) groups is 1. The number of carbonyl (C=O) groups excluding carboxylic acids is 2. The largest absolute Gasteiger partial charge is 0.463 e. The van der Waals surface area contributed by atoms with Gasteiger partial charge in [-0.05, 0) is 20.8 Å². The molecule has 0 saturated carbocycles. The lowest BCUT2D eigenvalue weighted by Crippen LogP contribution is -2.23. The third-order valence-electron chi connectivity index (χ3n) is 3.18. The van der Waals surface area contributed by atoms with E-state index in [-0.39, 0.29) is 18.0 Å². The van der Waals surface area contributed by atoms with E-state index in [2.05, 4.69) is 0 Å². The van der Waals surface area contributed by atoms with Crippen LogP contribution in [0.1, 0.15) is 27.2 Å². The number of rotatable bonds is 4. The van der Waals surface area contributed by atoms with E-state index in [4.69, 9.17) is 9.47 Å². The molecule has 0 amide bonds. The van der Waals surface area contributed by atoms with Crippen LogP contribution in [0.2, 0.25) is 0 Å². The van der Waals surface area contributed by atoms with Gasteiger partial charge in [0.25, 0.3) is 0 Å². The average Bonchev–Trinajstić information content (AvgIpc) is 2.93. The molecule has 1 unspecified atom stereocenters. The van der Waals surface area contributed by atoms with E-state index >= 15 is 0 Å². The van der Waals surface area contributed by atoms with Crippen molar-refractivity contribution >= 4 is 23.7 Å². The van der Waals surface area contributed by atoms with Crippen LogP contribution < -0.4 is 0 Å². The van der Waals surface area contributed by atoms with Crippen LogP contribution in [0.3, 0.4) is 0 Å². The molecule has 6 heteroatoms. The fourth-order valence-corrected chi connectivity index (χ4v) is 3.71. The van der Waals surface area contributed by atoms with E-state index in [1.54, 1.807) is 25.6 Å². The average molecular weight is 297 g/mol. The Kier molecular flexibility index (Phi) is 4.75. The van der Waals surface area contributed by atoms with Crippen molar-refractivity contribution in [3.05, 3.63) is 22.4 Å². The Morgan fingerprint density at radius 1 is 1.35 bits per heavy atom. The summed E-state index contributed by atoms with van der Waals surface area (Å²) in [6, 6.07) is 0.167. The van der Waals surface area contributed by atoms with Crippen LogP contribution in [-0.2, 0) is 19.1 Å². The summed E-state index contributed by atoms with van der Waals surface area (Å²) in [5, 5.41) is 0.923. The summed E-state index contributed by atoms with van der Waals surface area (Å²) in [4.78, 5) is 25.6. The normalized spacial score (nSPS) is 23.2. The summed E-state index contributed by atoms with van der Waals surface area (Å²) in [6.07, 6.45) is 2.18. The van der Waals surface area contributed by atoms with Crippen LogP contribution in [0.5, 0.6) is 0 Å². The first-order valence-corrected chi connectivity index (χ1v) is 7.76. The summed E-state index contributed by atoms with van der Waals surface area (Å²) in [6.45, 7) is 6.36. The topological polar surface area (TPSA) is 55.8 Å². The minimum atomic E-state index is -0.332. The van der Waals surface area contributed by atoms with Gasteiger partial charge in [0.1, 0.15) is 0 Å². The van der Waals surface area contributed by atoms with Crippen LogP contribution in [0.15, 0.2) is 22.4 Å². The summed E-state index contributed by atoms with van der Waals surface area (Å²) in [5.74, 6) is 0.101. The zero-order valence-corrected chi connectivity index (χ0v) is 12.8. The van der Waals surface area contributed by atoms with Crippen molar-refractivity contribution in [2.75, 3.05) is 19.0 Å². The number of ether oxygens (including phenoxy) is 2. The number of nitrogens with zero attached hydrogens (tertiary/aromatic N) is 1. The summed E-state index contributed by atoms with van der Waals surface area (Å²) >= 11 is 1.58. The second-order valence-electron chi connectivity index (χ2n) is 4.60. The van der Waals surface area contributed by atoms with Crippen LogP contribution in [-0.4, -0.2) is 41.8 Å². The van der Waals surface area contributed by atoms with Gasteiger partial charge in [-0.25, -0.2) is 9.59 Å². The van der Waals surface area contributed by atoms with Crippen molar-refractivity contribution in [3.63, 3.8) is 0 Å². The fraction of sp³-hybridized carbons (Fsp3) is 0.571. The van der Waals surface area contributed by atoms with Gasteiger partial charge in [0.15, 0.2) is 0 Å². The first kappa shape index (κ1) is 15.0. The first-order chi connectivity index (χ1) is 9.58. The van der Waals surface area contributed by atoms with Gasteiger partial charge in [0, 0.05) is 30.0 Å². The van der Waals surface area contributed by atoms with Crippen molar-refractivity contribution in [3.8, 4) is 0 Å². The molecule has 2 rings (SSSR count). The minimum absolute atomic E-state index is 0.167. The van der Waals surface area contributed by atoms with E-state index in [0.717, 1.165) is 16.3 Å².